The van der Waals surface area contributed by atoms with Crippen LogP contribution in [0.3, 0.4) is 0 Å². The lowest BCUT2D eigenvalue weighted by atomic mass is 9.94. The van der Waals surface area contributed by atoms with Crippen LogP contribution in [0, 0.1) is 0 Å². The molecule has 0 bridgehead atoms. The minimum atomic E-state index is -0.149. The van der Waals surface area contributed by atoms with Crippen LogP contribution in [-0.2, 0) is 16.0 Å². The SMILES string of the molecule is [B]c1ccc(CCC(=O)OCC)cc1. The van der Waals surface area contributed by atoms with Crippen molar-refractivity contribution in [3.63, 3.8) is 0 Å². The van der Waals surface area contributed by atoms with E-state index in [0.717, 1.165) is 11.0 Å². The third kappa shape index (κ3) is 3.65. The second kappa shape index (κ2) is 5.48. The molecule has 0 atom stereocenters. The molecule has 3 heteroatoms. The smallest absolute Gasteiger partial charge is 0.306 e. The highest BCUT2D eigenvalue weighted by Crippen LogP contribution is 2.01. The van der Waals surface area contributed by atoms with Crippen LogP contribution in [0.15, 0.2) is 24.3 Å². The summed E-state index contributed by atoms with van der Waals surface area (Å²) in [7, 11) is 5.54. The number of ether oxygens (including phenoxy) is 1. The molecule has 14 heavy (non-hydrogen) atoms. The van der Waals surface area contributed by atoms with Gasteiger partial charge in [-0.25, -0.2) is 0 Å². The Kier molecular flexibility index (Phi) is 4.24. The fourth-order valence-electron chi connectivity index (χ4n) is 1.16. The van der Waals surface area contributed by atoms with Gasteiger partial charge in [0.25, 0.3) is 0 Å². The number of hydrogen-bond acceptors (Lipinski definition) is 2. The summed E-state index contributed by atoms with van der Waals surface area (Å²) in [5, 5.41) is 0. The van der Waals surface area contributed by atoms with E-state index in [2.05, 4.69) is 0 Å². The Labute approximate surface area is 85.7 Å². The minimum Gasteiger partial charge on any atom is -0.466 e. The molecule has 0 saturated heterocycles. The largest absolute Gasteiger partial charge is 0.466 e. The van der Waals surface area contributed by atoms with E-state index in [1.54, 1.807) is 6.92 Å². The molecule has 0 saturated carbocycles. The molecule has 2 nitrogen and oxygen atoms in total. The van der Waals surface area contributed by atoms with Gasteiger partial charge in [0, 0.05) is 6.42 Å². The Morgan fingerprint density at radius 3 is 2.57 bits per heavy atom. The van der Waals surface area contributed by atoms with Crippen molar-refractivity contribution in [3.05, 3.63) is 29.8 Å². The van der Waals surface area contributed by atoms with Gasteiger partial charge in [-0.3, -0.25) is 4.79 Å². The van der Waals surface area contributed by atoms with E-state index in [1.165, 1.54) is 0 Å². The van der Waals surface area contributed by atoms with E-state index < -0.39 is 0 Å². The van der Waals surface area contributed by atoms with Crippen molar-refractivity contribution in [2.45, 2.75) is 19.8 Å². The average molecular weight is 188 g/mol. The monoisotopic (exact) mass is 188 g/mol. The molecule has 0 unspecified atom stereocenters. The average Bonchev–Trinajstić information content (AvgIpc) is 2.17. The number of carbonyl (C=O) groups excluding carboxylic acids is 1. The van der Waals surface area contributed by atoms with E-state index in [0.29, 0.717) is 19.4 Å². The molecule has 0 aliphatic heterocycles. The van der Waals surface area contributed by atoms with Crippen LogP contribution in [0.4, 0.5) is 0 Å². The molecule has 1 aromatic carbocycles. The maximum Gasteiger partial charge on any atom is 0.306 e. The van der Waals surface area contributed by atoms with Crippen LogP contribution in [0.5, 0.6) is 0 Å². The first kappa shape index (κ1) is 10.8. The van der Waals surface area contributed by atoms with Crippen LogP contribution in [0.2, 0.25) is 0 Å². The van der Waals surface area contributed by atoms with Gasteiger partial charge >= 0.3 is 5.97 Å². The molecule has 1 aromatic rings. The molecule has 0 heterocycles. The van der Waals surface area contributed by atoms with E-state index >= 15 is 0 Å². The number of aryl methyl sites for hydroxylation is 1. The predicted molar refractivity (Wildman–Crippen MR) is 56.8 cm³/mol. The van der Waals surface area contributed by atoms with Gasteiger partial charge in [-0.1, -0.05) is 29.7 Å². The van der Waals surface area contributed by atoms with Gasteiger partial charge in [0.1, 0.15) is 7.85 Å². The third-order valence-electron chi connectivity index (χ3n) is 1.90. The molecule has 2 radical (unpaired) electrons. The van der Waals surface area contributed by atoms with E-state index in [1.807, 2.05) is 24.3 Å². The Morgan fingerprint density at radius 1 is 1.36 bits per heavy atom. The molecule has 72 valence electrons. The van der Waals surface area contributed by atoms with Gasteiger partial charge < -0.3 is 4.74 Å². The van der Waals surface area contributed by atoms with Crippen molar-refractivity contribution in [1.29, 1.82) is 0 Å². The standard InChI is InChI=1S/C11H13BO2/c1-2-14-11(13)8-5-9-3-6-10(12)7-4-9/h3-4,6-7H,2,5,8H2,1H3. The van der Waals surface area contributed by atoms with Crippen LogP contribution < -0.4 is 5.46 Å². The lowest BCUT2D eigenvalue weighted by molar-refractivity contribution is -0.143. The molecule has 1 rings (SSSR count). The summed E-state index contributed by atoms with van der Waals surface area (Å²) in [6.07, 6.45) is 1.14. The summed E-state index contributed by atoms with van der Waals surface area (Å²) >= 11 is 0. The second-order valence-electron chi connectivity index (χ2n) is 3.05. The summed E-state index contributed by atoms with van der Waals surface area (Å²) in [6, 6.07) is 7.52. The molecule has 0 aromatic heterocycles. The molecular weight excluding hydrogens is 175 g/mol. The molecule has 0 aliphatic rings. The molecule has 0 spiro atoms. The molecule has 0 amide bonds. The Morgan fingerprint density at radius 2 is 2.00 bits per heavy atom. The quantitative estimate of drug-likeness (QED) is 0.519. The van der Waals surface area contributed by atoms with Crippen LogP contribution >= 0.6 is 0 Å². The fraction of sp³-hybridized carbons (Fsp3) is 0.364. The van der Waals surface area contributed by atoms with E-state index in [-0.39, 0.29) is 5.97 Å². The Balaban J connectivity index is 2.38. The number of rotatable bonds is 4. The lowest BCUT2D eigenvalue weighted by Gasteiger charge is -2.02. The maximum atomic E-state index is 11.0. The summed E-state index contributed by atoms with van der Waals surface area (Å²) in [4.78, 5) is 11.0. The van der Waals surface area contributed by atoms with Gasteiger partial charge in [0.2, 0.25) is 0 Å². The van der Waals surface area contributed by atoms with Crippen molar-refractivity contribution in [2.24, 2.45) is 0 Å². The number of esters is 1. The third-order valence-corrected chi connectivity index (χ3v) is 1.90. The van der Waals surface area contributed by atoms with Gasteiger partial charge in [-0.15, -0.1) is 0 Å². The number of carbonyl (C=O) groups is 1. The number of hydrogen-bond donors (Lipinski definition) is 0. The summed E-state index contributed by atoms with van der Waals surface area (Å²) in [6.45, 7) is 2.25. The van der Waals surface area contributed by atoms with Gasteiger partial charge in [0.15, 0.2) is 0 Å². The Bertz CT molecular complexity index is 293. The topological polar surface area (TPSA) is 26.3 Å². The zero-order valence-electron chi connectivity index (χ0n) is 8.32. The van der Waals surface area contributed by atoms with Crippen LogP contribution in [0.1, 0.15) is 18.9 Å². The zero-order chi connectivity index (χ0) is 10.4. The van der Waals surface area contributed by atoms with Crippen molar-refractivity contribution in [2.75, 3.05) is 6.61 Å². The van der Waals surface area contributed by atoms with E-state index in [9.17, 15) is 4.79 Å². The predicted octanol–water partition coefficient (Wildman–Crippen LogP) is 0.976. The summed E-state index contributed by atoms with van der Waals surface area (Å²) < 4.78 is 4.82. The van der Waals surface area contributed by atoms with Crippen molar-refractivity contribution in [3.8, 4) is 0 Å². The molecule has 0 N–H and O–H groups in total. The first-order valence-electron chi connectivity index (χ1n) is 4.72. The first-order chi connectivity index (χ1) is 6.72. The fourth-order valence-corrected chi connectivity index (χ4v) is 1.16. The van der Waals surface area contributed by atoms with Crippen molar-refractivity contribution >= 4 is 19.3 Å². The number of benzene rings is 1. The van der Waals surface area contributed by atoms with Gasteiger partial charge in [0.05, 0.1) is 6.61 Å². The second-order valence-corrected chi connectivity index (χ2v) is 3.05. The highest BCUT2D eigenvalue weighted by molar-refractivity contribution is 6.32. The minimum absolute atomic E-state index is 0.149. The highest BCUT2D eigenvalue weighted by Gasteiger charge is 2.01. The molecule has 0 fully saturated rings. The van der Waals surface area contributed by atoms with Crippen LogP contribution in [0.25, 0.3) is 0 Å². The molecule has 0 aliphatic carbocycles. The van der Waals surface area contributed by atoms with Gasteiger partial charge in [-0.05, 0) is 18.9 Å². The van der Waals surface area contributed by atoms with E-state index in [4.69, 9.17) is 12.6 Å². The maximum absolute atomic E-state index is 11.0. The zero-order valence-corrected chi connectivity index (χ0v) is 8.32. The summed E-state index contributed by atoms with van der Waals surface area (Å²) in [5.41, 5.74) is 1.84. The highest BCUT2D eigenvalue weighted by atomic mass is 16.5. The van der Waals surface area contributed by atoms with Crippen molar-refractivity contribution < 1.29 is 9.53 Å². The Hall–Kier alpha value is -1.25. The van der Waals surface area contributed by atoms with Crippen molar-refractivity contribution in [1.82, 2.24) is 0 Å². The first-order valence-corrected chi connectivity index (χ1v) is 4.72. The normalized spacial score (nSPS) is 9.79. The summed E-state index contributed by atoms with van der Waals surface area (Å²) in [5.74, 6) is -0.149. The molecular formula is C11H13BO2. The van der Waals surface area contributed by atoms with Gasteiger partial charge in [-0.2, -0.15) is 0 Å². The lowest BCUT2D eigenvalue weighted by Crippen LogP contribution is -2.06. The van der Waals surface area contributed by atoms with Crippen LogP contribution in [-0.4, -0.2) is 20.4 Å².